The number of hydrogen-bond acceptors (Lipinski definition) is 3. The lowest BCUT2D eigenvalue weighted by Gasteiger charge is -2.28. The zero-order valence-corrected chi connectivity index (χ0v) is 14.4. The fourth-order valence-electron chi connectivity index (χ4n) is 2.32. The van der Waals surface area contributed by atoms with Gasteiger partial charge in [0.05, 0.1) is 5.69 Å². The van der Waals surface area contributed by atoms with Gasteiger partial charge >= 0.3 is 0 Å². The van der Waals surface area contributed by atoms with Crippen molar-refractivity contribution in [3.63, 3.8) is 0 Å². The van der Waals surface area contributed by atoms with Crippen molar-refractivity contribution in [3.05, 3.63) is 26.9 Å². The van der Waals surface area contributed by atoms with Gasteiger partial charge in [-0.3, -0.25) is 4.98 Å². The molecule has 0 bridgehead atoms. The molecule has 1 fully saturated rings. The summed E-state index contributed by atoms with van der Waals surface area (Å²) in [5.41, 5.74) is 1.09. The second kappa shape index (κ2) is 7.27. The Balaban J connectivity index is 1.81. The molecule has 1 N–H and O–H groups in total. The van der Waals surface area contributed by atoms with Crippen LogP contribution in [0.3, 0.4) is 0 Å². The van der Waals surface area contributed by atoms with E-state index in [-0.39, 0.29) is 0 Å². The first-order valence-electron chi connectivity index (χ1n) is 6.25. The summed E-state index contributed by atoms with van der Waals surface area (Å²) in [5, 5.41) is 4.50. The summed E-state index contributed by atoms with van der Waals surface area (Å²) in [6, 6.07) is 2.71. The summed E-state index contributed by atoms with van der Waals surface area (Å²) in [6.45, 7) is 0.850. The van der Waals surface area contributed by atoms with E-state index in [1.54, 1.807) is 0 Å². The molecule has 0 aromatic carbocycles. The van der Waals surface area contributed by atoms with E-state index < -0.39 is 0 Å². The molecule has 1 aliphatic carbocycles. The van der Waals surface area contributed by atoms with Crippen molar-refractivity contribution in [1.82, 2.24) is 10.3 Å². The second-order valence-corrected chi connectivity index (χ2v) is 7.58. The monoisotopic (exact) mass is 392 g/mol. The normalized spacial score (nSPS) is 24.2. The summed E-state index contributed by atoms with van der Waals surface area (Å²) < 4.78 is 2.08. The Kier molecular flexibility index (Phi) is 5.98. The Bertz CT molecular complexity index is 393. The molecule has 18 heavy (non-hydrogen) atoms. The van der Waals surface area contributed by atoms with Gasteiger partial charge in [-0.1, -0.05) is 0 Å². The minimum Gasteiger partial charge on any atom is -0.308 e. The third-order valence-electron chi connectivity index (χ3n) is 3.45. The summed E-state index contributed by atoms with van der Waals surface area (Å²) in [4.78, 5) is 4.43. The molecule has 0 radical (unpaired) electrons. The van der Waals surface area contributed by atoms with Crippen LogP contribution >= 0.6 is 43.6 Å². The maximum absolute atomic E-state index is 4.43. The van der Waals surface area contributed by atoms with Gasteiger partial charge in [-0.25, -0.2) is 0 Å². The first-order valence-corrected chi connectivity index (χ1v) is 9.12. The number of aromatic nitrogens is 1. The highest BCUT2D eigenvalue weighted by atomic mass is 79.9. The minimum atomic E-state index is 0.658. The molecule has 0 saturated heterocycles. The molecule has 1 heterocycles. The zero-order valence-electron chi connectivity index (χ0n) is 10.5. The Labute approximate surface area is 130 Å². The van der Waals surface area contributed by atoms with E-state index in [0.717, 1.165) is 26.4 Å². The fraction of sp³-hybridized carbons (Fsp3) is 0.615. The average molecular weight is 394 g/mol. The van der Waals surface area contributed by atoms with E-state index >= 15 is 0 Å². The van der Waals surface area contributed by atoms with Gasteiger partial charge < -0.3 is 5.32 Å². The molecular formula is C13H18Br2N2S. The van der Waals surface area contributed by atoms with Crippen LogP contribution in [0.2, 0.25) is 0 Å². The van der Waals surface area contributed by atoms with E-state index in [1.807, 2.05) is 18.0 Å². The van der Waals surface area contributed by atoms with E-state index in [1.165, 1.54) is 25.7 Å². The van der Waals surface area contributed by atoms with E-state index in [2.05, 4.69) is 54.5 Å². The van der Waals surface area contributed by atoms with Crippen LogP contribution in [0.5, 0.6) is 0 Å². The topological polar surface area (TPSA) is 24.9 Å². The molecule has 0 spiro atoms. The Morgan fingerprint density at radius 2 is 2.06 bits per heavy atom. The highest BCUT2D eigenvalue weighted by Crippen LogP contribution is 2.27. The smallest absolute Gasteiger partial charge is 0.0684 e. The Morgan fingerprint density at radius 3 is 2.67 bits per heavy atom. The van der Waals surface area contributed by atoms with Gasteiger partial charge in [0.2, 0.25) is 0 Å². The van der Waals surface area contributed by atoms with Crippen LogP contribution in [0.1, 0.15) is 31.4 Å². The third-order valence-corrected chi connectivity index (χ3v) is 5.71. The fourth-order valence-corrected chi connectivity index (χ4v) is 4.19. The van der Waals surface area contributed by atoms with E-state index in [9.17, 15) is 0 Å². The van der Waals surface area contributed by atoms with Crippen LogP contribution in [0, 0.1) is 0 Å². The number of halogens is 2. The summed E-state index contributed by atoms with van der Waals surface area (Å²) in [7, 11) is 0. The first-order chi connectivity index (χ1) is 8.69. The number of hydrogen-bond donors (Lipinski definition) is 1. The maximum Gasteiger partial charge on any atom is 0.0684 e. The SMILES string of the molecule is CSC1CCC(NCc2ncc(Br)cc2Br)CC1. The molecule has 0 atom stereocenters. The minimum absolute atomic E-state index is 0.658. The Hall–Kier alpha value is 0.420. The van der Waals surface area contributed by atoms with Crippen molar-refractivity contribution in [3.8, 4) is 0 Å². The van der Waals surface area contributed by atoms with Gasteiger partial charge in [0.25, 0.3) is 0 Å². The quantitative estimate of drug-likeness (QED) is 0.821. The number of rotatable bonds is 4. The zero-order chi connectivity index (χ0) is 13.0. The molecule has 0 aliphatic heterocycles. The summed E-state index contributed by atoms with van der Waals surface area (Å²) in [6.07, 6.45) is 9.34. The standard InChI is InChI=1S/C13H18Br2N2S/c1-18-11-4-2-10(3-5-11)16-8-13-12(15)6-9(14)7-17-13/h6-7,10-11,16H,2-5,8H2,1H3. The number of pyridine rings is 1. The summed E-state index contributed by atoms with van der Waals surface area (Å²) >= 11 is 8.99. The van der Waals surface area contributed by atoms with Gasteiger partial charge in [0.1, 0.15) is 0 Å². The van der Waals surface area contributed by atoms with Crippen molar-refractivity contribution in [2.45, 2.75) is 43.5 Å². The van der Waals surface area contributed by atoms with Gasteiger partial charge in [-0.15, -0.1) is 0 Å². The van der Waals surface area contributed by atoms with Gasteiger partial charge in [0, 0.05) is 33.0 Å². The molecule has 1 aliphatic rings. The van der Waals surface area contributed by atoms with Crippen molar-refractivity contribution < 1.29 is 0 Å². The van der Waals surface area contributed by atoms with Crippen molar-refractivity contribution in [1.29, 1.82) is 0 Å². The number of nitrogens with zero attached hydrogens (tertiary/aromatic N) is 1. The molecule has 1 aromatic rings. The third kappa shape index (κ3) is 4.22. The van der Waals surface area contributed by atoms with Gasteiger partial charge in [-0.05, 0) is 69.9 Å². The number of nitrogens with one attached hydrogen (secondary N) is 1. The van der Waals surface area contributed by atoms with Crippen molar-refractivity contribution in [2.24, 2.45) is 0 Å². The molecule has 2 nitrogen and oxygen atoms in total. The highest BCUT2D eigenvalue weighted by molar-refractivity contribution is 9.11. The van der Waals surface area contributed by atoms with Gasteiger partial charge in [0.15, 0.2) is 0 Å². The molecule has 100 valence electrons. The lowest BCUT2D eigenvalue weighted by Crippen LogP contribution is -2.33. The maximum atomic E-state index is 4.43. The second-order valence-electron chi connectivity index (χ2n) is 4.67. The molecule has 2 rings (SSSR count). The molecule has 1 saturated carbocycles. The molecule has 0 amide bonds. The van der Waals surface area contributed by atoms with Crippen LogP contribution < -0.4 is 5.32 Å². The average Bonchev–Trinajstić information content (AvgIpc) is 2.38. The molecular weight excluding hydrogens is 376 g/mol. The number of thioether (sulfide) groups is 1. The largest absolute Gasteiger partial charge is 0.308 e. The lowest BCUT2D eigenvalue weighted by molar-refractivity contribution is 0.377. The predicted octanol–water partition coefficient (Wildman–Crippen LogP) is 4.37. The molecule has 1 aromatic heterocycles. The first kappa shape index (κ1) is 14.8. The van der Waals surface area contributed by atoms with E-state index in [0.29, 0.717) is 6.04 Å². The van der Waals surface area contributed by atoms with Crippen LogP contribution in [0.25, 0.3) is 0 Å². The highest BCUT2D eigenvalue weighted by Gasteiger charge is 2.20. The lowest BCUT2D eigenvalue weighted by atomic mass is 9.95. The van der Waals surface area contributed by atoms with Crippen LogP contribution in [-0.4, -0.2) is 22.5 Å². The molecule has 0 unspecified atom stereocenters. The Morgan fingerprint density at radius 1 is 1.33 bits per heavy atom. The van der Waals surface area contributed by atoms with Crippen molar-refractivity contribution in [2.75, 3.05) is 6.26 Å². The van der Waals surface area contributed by atoms with Gasteiger partial charge in [-0.2, -0.15) is 11.8 Å². The summed E-state index contributed by atoms with van der Waals surface area (Å²) in [5.74, 6) is 0. The van der Waals surface area contributed by atoms with Crippen LogP contribution in [0.4, 0.5) is 0 Å². The van der Waals surface area contributed by atoms with Crippen LogP contribution in [-0.2, 0) is 6.54 Å². The predicted molar refractivity (Wildman–Crippen MR) is 86.0 cm³/mol. The van der Waals surface area contributed by atoms with E-state index in [4.69, 9.17) is 0 Å². The molecule has 5 heteroatoms. The van der Waals surface area contributed by atoms with Crippen LogP contribution in [0.15, 0.2) is 21.2 Å². The van der Waals surface area contributed by atoms with Crippen molar-refractivity contribution >= 4 is 43.6 Å².